The highest BCUT2D eigenvalue weighted by molar-refractivity contribution is 9.10. The van der Waals surface area contributed by atoms with Crippen molar-refractivity contribution in [2.75, 3.05) is 13.7 Å². The zero-order chi connectivity index (χ0) is 13.8. The molecule has 0 atom stereocenters. The molecule has 1 aromatic carbocycles. The first-order chi connectivity index (χ1) is 9.15. The Hall–Kier alpha value is -0.950. The fraction of sp³-hybridized carbons (Fsp3) is 0.333. The lowest BCUT2D eigenvalue weighted by atomic mass is 10.2. The van der Waals surface area contributed by atoms with Crippen molar-refractivity contribution >= 4 is 27.5 Å². The number of halogens is 2. The van der Waals surface area contributed by atoms with Crippen molar-refractivity contribution in [2.24, 2.45) is 0 Å². The Balaban J connectivity index is 2.45. The van der Waals surface area contributed by atoms with Crippen LogP contribution in [0.4, 0.5) is 0 Å². The normalized spacial score (nSPS) is 10.9. The number of hydrogen-bond donors (Lipinski definition) is 1. The molecule has 0 aliphatic carbocycles. The summed E-state index contributed by atoms with van der Waals surface area (Å²) in [5, 5.41) is 18.0. The molecule has 19 heavy (non-hydrogen) atoms. The van der Waals surface area contributed by atoms with Gasteiger partial charge in [0.15, 0.2) is 11.6 Å². The topological polar surface area (TPSA) is 60.2 Å². The fourth-order valence-electron chi connectivity index (χ4n) is 1.77. The van der Waals surface area contributed by atoms with Gasteiger partial charge in [0.2, 0.25) is 0 Å². The Morgan fingerprint density at radius 2 is 2.16 bits per heavy atom. The Bertz CT molecular complexity index is 554. The van der Waals surface area contributed by atoms with Gasteiger partial charge in [0, 0.05) is 28.7 Å². The van der Waals surface area contributed by atoms with Crippen molar-refractivity contribution in [3.63, 3.8) is 0 Å². The molecule has 0 unspecified atom stereocenters. The minimum atomic E-state index is -0.168. The van der Waals surface area contributed by atoms with Crippen LogP contribution in [-0.4, -0.2) is 33.6 Å². The first-order valence-corrected chi connectivity index (χ1v) is 6.81. The zero-order valence-corrected chi connectivity index (χ0v) is 12.6. The lowest BCUT2D eigenvalue weighted by Gasteiger charge is -2.09. The summed E-state index contributed by atoms with van der Waals surface area (Å²) in [5.74, 6) is 1.16. The average molecular weight is 347 g/mol. The van der Waals surface area contributed by atoms with Crippen LogP contribution in [0.25, 0.3) is 11.4 Å². The molecule has 7 heteroatoms. The van der Waals surface area contributed by atoms with E-state index in [1.807, 2.05) is 10.6 Å². The maximum Gasteiger partial charge on any atom is 0.164 e. The predicted octanol–water partition coefficient (Wildman–Crippen LogP) is 2.50. The zero-order valence-electron chi connectivity index (χ0n) is 10.3. The Morgan fingerprint density at radius 3 is 2.79 bits per heavy atom. The van der Waals surface area contributed by atoms with Gasteiger partial charge in [0.1, 0.15) is 6.61 Å². The van der Waals surface area contributed by atoms with Crippen molar-refractivity contribution in [3.05, 3.63) is 33.5 Å². The van der Waals surface area contributed by atoms with E-state index in [-0.39, 0.29) is 6.61 Å². The molecule has 1 N–H and O–H groups in total. The van der Waals surface area contributed by atoms with Crippen molar-refractivity contribution in [1.82, 2.24) is 14.8 Å². The van der Waals surface area contributed by atoms with Gasteiger partial charge in [-0.25, -0.2) is 0 Å². The fourth-order valence-corrected chi connectivity index (χ4v) is 2.63. The van der Waals surface area contributed by atoms with Gasteiger partial charge in [-0.05, 0) is 18.2 Å². The van der Waals surface area contributed by atoms with Gasteiger partial charge in [0.05, 0.1) is 6.61 Å². The summed E-state index contributed by atoms with van der Waals surface area (Å²) >= 11 is 9.43. The first-order valence-electron chi connectivity index (χ1n) is 5.64. The molecule has 0 bridgehead atoms. The summed E-state index contributed by atoms with van der Waals surface area (Å²) in [6.45, 7) is 0.914. The summed E-state index contributed by atoms with van der Waals surface area (Å²) in [6.07, 6.45) is 0. The summed E-state index contributed by atoms with van der Waals surface area (Å²) in [6, 6.07) is 5.51. The molecule has 102 valence electrons. The Kier molecular flexibility index (Phi) is 4.93. The van der Waals surface area contributed by atoms with E-state index >= 15 is 0 Å². The third kappa shape index (κ3) is 3.33. The van der Waals surface area contributed by atoms with Crippen LogP contribution in [0.2, 0.25) is 5.02 Å². The molecule has 2 rings (SSSR count). The highest BCUT2D eigenvalue weighted by Crippen LogP contribution is 2.26. The predicted molar refractivity (Wildman–Crippen MR) is 76.0 cm³/mol. The molecule has 0 radical (unpaired) electrons. The third-order valence-corrected chi connectivity index (χ3v) is 3.28. The van der Waals surface area contributed by atoms with Crippen LogP contribution < -0.4 is 0 Å². The second-order valence-electron chi connectivity index (χ2n) is 3.90. The van der Waals surface area contributed by atoms with E-state index in [2.05, 4.69) is 26.1 Å². The number of aliphatic hydroxyl groups is 1. The van der Waals surface area contributed by atoms with E-state index < -0.39 is 0 Å². The smallest absolute Gasteiger partial charge is 0.164 e. The van der Waals surface area contributed by atoms with Gasteiger partial charge in [-0.15, -0.1) is 10.2 Å². The van der Waals surface area contributed by atoms with Crippen LogP contribution in [0.5, 0.6) is 0 Å². The largest absolute Gasteiger partial charge is 0.388 e. The number of aromatic nitrogens is 3. The van der Waals surface area contributed by atoms with Gasteiger partial charge in [0.25, 0.3) is 0 Å². The monoisotopic (exact) mass is 345 g/mol. The molecule has 0 spiro atoms. The van der Waals surface area contributed by atoms with E-state index in [1.165, 1.54) is 0 Å². The van der Waals surface area contributed by atoms with Crippen LogP contribution in [-0.2, 0) is 17.9 Å². The van der Waals surface area contributed by atoms with Crippen LogP contribution in [0, 0.1) is 0 Å². The van der Waals surface area contributed by atoms with E-state index in [9.17, 15) is 5.11 Å². The van der Waals surface area contributed by atoms with Crippen LogP contribution in [0.1, 0.15) is 5.82 Å². The van der Waals surface area contributed by atoms with Gasteiger partial charge < -0.3 is 14.4 Å². The SMILES string of the molecule is COCCn1c(CO)nnc1-c1cc(Cl)cc(Br)c1. The number of rotatable bonds is 5. The summed E-state index contributed by atoms with van der Waals surface area (Å²) < 4.78 is 7.74. The van der Waals surface area contributed by atoms with E-state index in [1.54, 1.807) is 19.2 Å². The second kappa shape index (κ2) is 6.47. The number of hydrogen-bond acceptors (Lipinski definition) is 4. The highest BCUT2D eigenvalue weighted by Gasteiger charge is 2.14. The molecule has 1 heterocycles. The first kappa shape index (κ1) is 14.5. The Labute approximate surface area is 124 Å². The lowest BCUT2D eigenvalue weighted by molar-refractivity contribution is 0.183. The quantitative estimate of drug-likeness (QED) is 0.903. The molecule has 2 aromatic rings. The maximum absolute atomic E-state index is 9.29. The van der Waals surface area contributed by atoms with E-state index in [0.29, 0.717) is 29.8 Å². The van der Waals surface area contributed by atoms with Crippen LogP contribution in [0.3, 0.4) is 0 Å². The van der Waals surface area contributed by atoms with Gasteiger partial charge in [-0.1, -0.05) is 27.5 Å². The molecule has 0 aliphatic rings. The van der Waals surface area contributed by atoms with Crippen molar-refractivity contribution in [2.45, 2.75) is 13.2 Å². The van der Waals surface area contributed by atoms with Crippen LogP contribution >= 0.6 is 27.5 Å². The maximum atomic E-state index is 9.29. The van der Waals surface area contributed by atoms with Gasteiger partial charge in [-0.2, -0.15) is 0 Å². The third-order valence-electron chi connectivity index (χ3n) is 2.61. The molecular weight excluding hydrogens is 334 g/mol. The minimum absolute atomic E-state index is 0.168. The molecule has 0 saturated heterocycles. The standard InChI is InChI=1S/C12H13BrClN3O2/c1-19-3-2-17-11(7-18)15-16-12(17)8-4-9(13)6-10(14)5-8/h4-6,18H,2-3,7H2,1H3. The highest BCUT2D eigenvalue weighted by atomic mass is 79.9. The molecular formula is C12H13BrClN3O2. The molecule has 1 aromatic heterocycles. The summed E-state index contributed by atoms with van der Waals surface area (Å²) in [5.41, 5.74) is 0.836. The molecule has 0 fully saturated rings. The second-order valence-corrected chi connectivity index (χ2v) is 5.25. The molecule has 0 saturated carbocycles. The average Bonchev–Trinajstić information content (AvgIpc) is 2.77. The number of ether oxygens (including phenoxy) is 1. The van der Waals surface area contributed by atoms with E-state index in [0.717, 1.165) is 10.0 Å². The van der Waals surface area contributed by atoms with Crippen molar-refractivity contribution in [3.8, 4) is 11.4 Å². The molecule has 0 aliphatic heterocycles. The number of benzene rings is 1. The minimum Gasteiger partial charge on any atom is -0.388 e. The number of aliphatic hydroxyl groups excluding tert-OH is 1. The molecule has 5 nitrogen and oxygen atoms in total. The lowest BCUT2D eigenvalue weighted by Crippen LogP contribution is -2.10. The van der Waals surface area contributed by atoms with Crippen molar-refractivity contribution < 1.29 is 9.84 Å². The van der Waals surface area contributed by atoms with Gasteiger partial charge >= 0.3 is 0 Å². The summed E-state index contributed by atoms with van der Waals surface area (Å²) in [4.78, 5) is 0. The molecule has 0 amide bonds. The number of nitrogens with zero attached hydrogens (tertiary/aromatic N) is 3. The Morgan fingerprint density at radius 1 is 1.37 bits per heavy atom. The van der Waals surface area contributed by atoms with E-state index in [4.69, 9.17) is 16.3 Å². The van der Waals surface area contributed by atoms with Gasteiger partial charge in [-0.3, -0.25) is 0 Å². The van der Waals surface area contributed by atoms with Crippen molar-refractivity contribution in [1.29, 1.82) is 0 Å². The number of methoxy groups -OCH3 is 1. The van der Waals surface area contributed by atoms with Crippen LogP contribution in [0.15, 0.2) is 22.7 Å². The summed E-state index contributed by atoms with van der Waals surface area (Å²) in [7, 11) is 1.62.